The molecule has 2 aromatic heterocycles. The number of esters is 1. The van der Waals surface area contributed by atoms with Gasteiger partial charge in [-0.15, -0.1) is 0 Å². The molecule has 0 unspecified atom stereocenters. The van der Waals surface area contributed by atoms with Gasteiger partial charge in [0.15, 0.2) is 4.80 Å². The van der Waals surface area contributed by atoms with Crippen LogP contribution in [0.3, 0.4) is 0 Å². The smallest absolute Gasteiger partial charge is 0.338 e. The third-order valence-corrected chi connectivity index (χ3v) is 9.15. The predicted molar refractivity (Wildman–Crippen MR) is 184 cm³/mol. The summed E-state index contributed by atoms with van der Waals surface area (Å²) in [6, 6.07) is 31.9. The fourth-order valence-corrected chi connectivity index (χ4v) is 6.98. The number of thiazole rings is 1. The van der Waals surface area contributed by atoms with Gasteiger partial charge in [-0.2, -0.15) is 0 Å². The first-order chi connectivity index (χ1) is 23.0. The van der Waals surface area contributed by atoms with E-state index < -0.39 is 12.0 Å². The highest BCUT2D eigenvalue weighted by molar-refractivity contribution is 7.07. The number of H-pyrrole nitrogens is 1. The Kier molecular flexibility index (Phi) is 8.05. The van der Waals surface area contributed by atoms with E-state index in [0.29, 0.717) is 32.1 Å². The molecule has 3 heterocycles. The van der Waals surface area contributed by atoms with Crippen LogP contribution in [0.4, 0.5) is 0 Å². The minimum Gasteiger partial charge on any atom is -0.497 e. The predicted octanol–water partition coefficient (Wildman–Crippen LogP) is 6.10. The number of aromatic nitrogens is 2. The molecule has 0 fully saturated rings. The number of fused-ring (bicyclic) bond motifs is 2. The third-order valence-electron chi connectivity index (χ3n) is 8.17. The molecule has 7 rings (SSSR count). The van der Waals surface area contributed by atoms with E-state index in [4.69, 9.17) is 19.2 Å². The molecule has 0 radical (unpaired) electrons. The fraction of sp³-hybridized carbons (Fsp3) is 0.132. The Morgan fingerprint density at radius 1 is 0.894 bits per heavy atom. The lowest BCUT2D eigenvalue weighted by molar-refractivity contribution is -0.138. The Morgan fingerprint density at radius 3 is 2.30 bits per heavy atom. The van der Waals surface area contributed by atoms with Gasteiger partial charge in [0.25, 0.3) is 5.56 Å². The van der Waals surface area contributed by atoms with Gasteiger partial charge >= 0.3 is 5.97 Å². The number of methoxy groups -OCH3 is 2. The molecule has 234 valence electrons. The summed E-state index contributed by atoms with van der Waals surface area (Å²) in [5.41, 5.74) is 5.54. The zero-order valence-corrected chi connectivity index (χ0v) is 26.8. The van der Waals surface area contributed by atoms with Crippen molar-refractivity contribution in [2.75, 3.05) is 20.8 Å². The molecule has 0 saturated carbocycles. The molecule has 0 spiro atoms. The van der Waals surface area contributed by atoms with Crippen molar-refractivity contribution in [2.45, 2.75) is 13.0 Å². The summed E-state index contributed by atoms with van der Waals surface area (Å²) in [5, 5.41) is 0.913. The van der Waals surface area contributed by atoms with E-state index >= 15 is 0 Å². The second-order valence-electron chi connectivity index (χ2n) is 10.9. The van der Waals surface area contributed by atoms with Crippen molar-refractivity contribution in [3.05, 3.63) is 145 Å². The number of benzene rings is 4. The fourth-order valence-electron chi connectivity index (χ4n) is 6.00. The van der Waals surface area contributed by atoms with Crippen LogP contribution in [-0.2, 0) is 9.53 Å². The first kappa shape index (κ1) is 30.0. The van der Waals surface area contributed by atoms with Gasteiger partial charge in [-0.1, -0.05) is 84.1 Å². The zero-order chi connectivity index (χ0) is 32.5. The SMILES string of the molecule is CCOC(=O)C1=C(c2ccccc2)N=c2s/c(=C\c3c(-c4ccccc4)[nH]c4ccc(OC)cc34)c(=O)n2[C@@H]1c1cccc(OC)c1. The molecule has 0 aliphatic carbocycles. The third kappa shape index (κ3) is 5.44. The van der Waals surface area contributed by atoms with E-state index in [1.165, 1.54) is 11.3 Å². The van der Waals surface area contributed by atoms with Crippen molar-refractivity contribution in [3.8, 4) is 22.8 Å². The molecule has 9 heteroatoms. The van der Waals surface area contributed by atoms with Gasteiger partial charge in [-0.05, 0) is 54.5 Å². The molecule has 0 saturated heterocycles. The quantitative estimate of drug-likeness (QED) is 0.203. The van der Waals surface area contributed by atoms with Gasteiger partial charge < -0.3 is 19.2 Å². The number of hydrogen-bond acceptors (Lipinski definition) is 7. The average Bonchev–Trinajstić information content (AvgIpc) is 3.64. The standard InChI is InChI=1S/C38H31N3O5S/c1-4-46-37(43)32-34(24-14-9-6-10-15-24)40-38-41(35(32)25-16-11-17-26(20-25)44-2)36(42)31(47-38)22-29-28-21-27(45-3)18-19-30(28)39-33(29)23-12-7-5-8-13-23/h5-22,35,39H,4H2,1-3H3/b31-22-/t35-/m1/s1. The van der Waals surface area contributed by atoms with Crippen LogP contribution < -0.4 is 24.4 Å². The van der Waals surface area contributed by atoms with Crippen LogP contribution in [0.15, 0.2) is 118 Å². The monoisotopic (exact) mass is 641 g/mol. The van der Waals surface area contributed by atoms with Crippen LogP contribution in [0.1, 0.15) is 29.7 Å². The number of nitrogens with zero attached hydrogens (tertiary/aromatic N) is 2. The molecule has 0 bridgehead atoms. The maximum atomic E-state index is 14.6. The Morgan fingerprint density at radius 2 is 1.60 bits per heavy atom. The second kappa shape index (κ2) is 12.6. The highest BCUT2D eigenvalue weighted by Gasteiger charge is 2.35. The van der Waals surface area contributed by atoms with E-state index in [1.54, 1.807) is 25.7 Å². The van der Waals surface area contributed by atoms with Crippen molar-refractivity contribution in [1.82, 2.24) is 9.55 Å². The summed E-state index contributed by atoms with van der Waals surface area (Å²) in [6.07, 6.45) is 1.91. The minimum absolute atomic E-state index is 0.173. The molecule has 1 aliphatic heterocycles. The zero-order valence-electron chi connectivity index (χ0n) is 26.0. The number of hydrogen-bond donors (Lipinski definition) is 1. The summed E-state index contributed by atoms with van der Waals surface area (Å²) in [4.78, 5) is 37.4. The number of ether oxygens (including phenoxy) is 3. The maximum Gasteiger partial charge on any atom is 0.338 e. The van der Waals surface area contributed by atoms with Gasteiger partial charge in [0.05, 0.1) is 48.4 Å². The number of carbonyl (C=O) groups excluding carboxylic acids is 1. The molecule has 1 atom stereocenters. The van der Waals surface area contributed by atoms with Crippen molar-refractivity contribution in [3.63, 3.8) is 0 Å². The van der Waals surface area contributed by atoms with E-state index in [-0.39, 0.29) is 17.7 Å². The Bertz CT molecular complexity index is 2340. The lowest BCUT2D eigenvalue weighted by Crippen LogP contribution is -2.40. The molecular weight excluding hydrogens is 611 g/mol. The normalized spacial score (nSPS) is 14.5. The lowest BCUT2D eigenvalue weighted by atomic mass is 9.93. The number of aromatic amines is 1. The minimum atomic E-state index is -0.811. The van der Waals surface area contributed by atoms with E-state index in [0.717, 1.165) is 33.3 Å². The highest BCUT2D eigenvalue weighted by Crippen LogP contribution is 2.37. The number of rotatable bonds is 8. The first-order valence-corrected chi connectivity index (χ1v) is 16.0. The van der Waals surface area contributed by atoms with Crippen molar-refractivity contribution < 1.29 is 19.0 Å². The topological polar surface area (TPSA) is 94.9 Å². The number of carbonyl (C=O) groups is 1. The molecule has 1 aliphatic rings. The summed E-state index contributed by atoms with van der Waals surface area (Å²) >= 11 is 1.28. The van der Waals surface area contributed by atoms with Crippen LogP contribution in [0.2, 0.25) is 0 Å². The molecule has 1 N–H and O–H groups in total. The Labute approximate surface area is 274 Å². The van der Waals surface area contributed by atoms with E-state index in [1.807, 2.05) is 109 Å². The average molecular weight is 642 g/mol. The molecule has 47 heavy (non-hydrogen) atoms. The van der Waals surface area contributed by atoms with Gasteiger partial charge in [0.1, 0.15) is 11.5 Å². The van der Waals surface area contributed by atoms with Gasteiger partial charge in [-0.3, -0.25) is 9.36 Å². The van der Waals surface area contributed by atoms with Crippen LogP contribution in [-0.4, -0.2) is 36.3 Å². The molecule has 6 aromatic rings. The van der Waals surface area contributed by atoms with Crippen molar-refractivity contribution in [1.29, 1.82) is 0 Å². The molecule has 0 amide bonds. The van der Waals surface area contributed by atoms with Crippen LogP contribution >= 0.6 is 11.3 Å². The van der Waals surface area contributed by atoms with E-state index in [9.17, 15) is 9.59 Å². The molecule has 4 aromatic carbocycles. The summed E-state index contributed by atoms with van der Waals surface area (Å²) < 4.78 is 18.8. The van der Waals surface area contributed by atoms with Crippen molar-refractivity contribution >= 4 is 40.0 Å². The van der Waals surface area contributed by atoms with Gasteiger partial charge in [0.2, 0.25) is 0 Å². The summed E-state index contributed by atoms with van der Waals surface area (Å²) in [5.74, 6) is 0.774. The number of nitrogens with one attached hydrogen (secondary N) is 1. The Balaban J connectivity index is 1.54. The first-order valence-electron chi connectivity index (χ1n) is 15.2. The largest absolute Gasteiger partial charge is 0.497 e. The van der Waals surface area contributed by atoms with Crippen LogP contribution in [0.5, 0.6) is 11.5 Å². The van der Waals surface area contributed by atoms with Crippen molar-refractivity contribution in [2.24, 2.45) is 4.99 Å². The molecular formula is C38H31N3O5S. The second-order valence-corrected chi connectivity index (χ2v) is 11.9. The van der Waals surface area contributed by atoms with Gasteiger partial charge in [-0.25, -0.2) is 9.79 Å². The van der Waals surface area contributed by atoms with E-state index in [2.05, 4.69) is 4.98 Å². The summed E-state index contributed by atoms with van der Waals surface area (Å²) in [6.45, 7) is 1.93. The molecule has 8 nitrogen and oxygen atoms in total. The van der Waals surface area contributed by atoms with Crippen LogP contribution in [0.25, 0.3) is 33.9 Å². The van der Waals surface area contributed by atoms with Crippen LogP contribution in [0, 0.1) is 0 Å². The highest BCUT2D eigenvalue weighted by atomic mass is 32.1. The maximum absolute atomic E-state index is 14.6. The van der Waals surface area contributed by atoms with Gasteiger partial charge in [0, 0.05) is 22.0 Å². The lowest BCUT2D eigenvalue weighted by Gasteiger charge is -2.26. The summed E-state index contributed by atoms with van der Waals surface area (Å²) in [7, 11) is 3.22. The Hall–Kier alpha value is -5.67.